The lowest BCUT2D eigenvalue weighted by Crippen LogP contribution is -2.24. The SMILES string of the molecule is COc1ccc(F)cc1C(=O)NCc1ncc(-c2nn(C3CC3)c(N)c2C(N)=O)c2cc[nH]c12. The van der Waals surface area contributed by atoms with Gasteiger partial charge in [0.05, 0.1) is 36.5 Å². The largest absolute Gasteiger partial charge is 0.496 e. The minimum Gasteiger partial charge on any atom is -0.496 e. The monoisotopic (exact) mass is 463 g/mol. The van der Waals surface area contributed by atoms with Crippen LogP contribution in [0.25, 0.3) is 22.2 Å². The smallest absolute Gasteiger partial charge is 0.255 e. The number of nitrogens with one attached hydrogen (secondary N) is 2. The molecule has 34 heavy (non-hydrogen) atoms. The molecule has 3 aromatic heterocycles. The van der Waals surface area contributed by atoms with E-state index in [2.05, 4.69) is 20.4 Å². The predicted octanol–water partition coefficient (Wildman–Crippen LogP) is 2.52. The summed E-state index contributed by atoms with van der Waals surface area (Å²) < 4.78 is 20.5. The molecule has 1 fully saturated rings. The number of methoxy groups -OCH3 is 1. The summed E-state index contributed by atoms with van der Waals surface area (Å²) in [7, 11) is 1.41. The number of carbonyl (C=O) groups is 2. The van der Waals surface area contributed by atoms with Gasteiger partial charge in [-0.15, -0.1) is 0 Å². The van der Waals surface area contributed by atoms with Crippen LogP contribution in [0.3, 0.4) is 0 Å². The standard InChI is InChI=1S/C23H22FN7O3/c1-34-17-5-2-11(24)8-14(17)23(33)29-10-16-19-13(6-7-27-19)15(9-28-16)20-18(22(26)32)21(25)31(30-20)12-3-4-12/h2,5-9,12,27H,3-4,10,25H2,1H3,(H2,26,32)(H,29,33). The number of hydrogen-bond acceptors (Lipinski definition) is 6. The fourth-order valence-electron chi connectivity index (χ4n) is 4.03. The quantitative estimate of drug-likeness (QED) is 0.330. The second kappa shape index (κ2) is 8.18. The van der Waals surface area contributed by atoms with Crippen molar-refractivity contribution in [3.05, 3.63) is 59.3 Å². The van der Waals surface area contributed by atoms with Crippen molar-refractivity contribution in [2.75, 3.05) is 12.8 Å². The summed E-state index contributed by atoms with van der Waals surface area (Å²) in [6, 6.07) is 5.71. The van der Waals surface area contributed by atoms with Crippen LogP contribution in [0, 0.1) is 5.82 Å². The molecule has 5 rings (SSSR count). The molecule has 0 saturated heterocycles. The number of nitrogen functional groups attached to an aromatic ring is 1. The number of ether oxygens (including phenoxy) is 1. The van der Waals surface area contributed by atoms with Gasteiger partial charge in [-0.05, 0) is 37.1 Å². The molecule has 0 unspecified atom stereocenters. The molecule has 4 aromatic rings. The van der Waals surface area contributed by atoms with E-state index in [9.17, 15) is 14.0 Å². The predicted molar refractivity (Wildman–Crippen MR) is 123 cm³/mol. The van der Waals surface area contributed by atoms with Gasteiger partial charge in [-0.25, -0.2) is 9.07 Å². The van der Waals surface area contributed by atoms with Gasteiger partial charge < -0.3 is 26.5 Å². The number of aromatic nitrogens is 4. The van der Waals surface area contributed by atoms with Crippen LogP contribution >= 0.6 is 0 Å². The first-order valence-electron chi connectivity index (χ1n) is 10.6. The molecule has 0 aliphatic heterocycles. The van der Waals surface area contributed by atoms with Gasteiger partial charge in [0.2, 0.25) is 0 Å². The first kappa shape index (κ1) is 21.4. The Morgan fingerprint density at radius 1 is 1.32 bits per heavy atom. The number of aromatic amines is 1. The number of pyridine rings is 1. The van der Waals surface area contributed by atoms with E-state index in [1.54, 1.807) is 17.1 Å². The zero-order valence-electron chi connectivity index (χ0n) is 18.3. The maximum absolute atomic E-state index is 13.7. The number of halogens is 1. The third kappa shape index (κ3) is 3.60. The second-order valence-electron chi connectivity index (χ2n) is 8.06. The van der Waals surface area contributed by atoms with Crippen molar-refractivity contribution in [3.8, 4) is 17.0 Å². The van der Waals surface area contributed by atoms with Crippen molar-refractivity contribution in [2.24, 2.45) is 5.73 Å². The van der Waals surface area contributed by atoms with Gasteiger partial charge in [0, 0.05) is 23.3 Å². The summed E-state index contributed by atoms with van der Waals surface area (Å²) >= 11 is 0. The fraction of sp³-hybridized carbons (Fsp3) is 0.217. The summed E-state index contributed by atoms with van der Waals surface area (Å²) in [6.07, 6.45) is 5.18. The Labute approximate surface area is 193 Å². The molecular formula is C23H22FN7O3. The summed E-state index contributed by atoms with van der Waals surface area (Å²) in [5.74, 6) is -1.21. The van der Waals surface area contributed by atoms with Crippen LogP contribution in [0.2, 0.25) is 0 Å². The Bertz CT molecular complexity index is 1440. The number of benzene rings is 1. The Kier molecular flexibility index (Phi) is 5.16. The number of primary amides is 1. The number of hydrogen-bond donors (Lipinski definition) is 4. The Balaban J connectivity index is 1.48. The van der Waals surface area contributed by atoms with E-state index in [0.717, 1.165) is 24.3 Å². The van der Waals surface area contributed by atoms with Crippen LogP contribution in [-0.4, -0.2) is 38.7 Å². The average Bonchev–Trinajstić information content (AvgIpc) is 3.42. The minimum absolute atomic E-state index is 0.0666. The number of fused-ring (bicyclic) bond motifs is 1. The molecule has 174 valence electrons. The third-order valence-electron chi connectivity index (χ3n) is 5.84. The number of carbonyl (C=O) groups excluding carboxylic acids is 2. The van der Waals surface area contributed by atoms with E-state index >= 15 is 0 Å². The van der Waals surface area contributed by atoms with Gasteiger partial charge in [-0.1, -0.05) is 0 Å². The third-order valence-corrected chi connectivity index (χ3v) is 5.84. The molecule has 0 bridgehead atoms. The summed E-state index contributed by atoms with van der Waals surface area (Å²) in [6.45, 7) is 0.0666. The zero-order valence-corrected chi connectivity index (χ0v) is 18.3. The van der Waals surface area contributed by atoms with E-state index in [4.69, 9.17) is 16.2 Å². The molecular weight excluding hydrogens is 441 g/mol. The number of nitrogens with two attached hydrogens (primary N) is 2. The highest BCUT2D eigenvalue weighted by molar-refractivity contribution is 6.07. The molecule has 0 radical (unpaired) electrons. The molecule has 0 atom stereocenters. The van der Waals surface area contributed by atoms with Crippen LogP contribution in [0.1, 0.15) is 45.3 Å². The highest BCUT2D eigenvalue weighted by atomic mass is 19.1. The van der Waals surface area contributed by atoms with Crippen molar-refractivity contribution in [1.29, 1.82) is 0 Å². The van der Waals surface area contributed by atoms with Crippen LogP contribution in [0.5, 0.6) is 5.75 Å². The topological polar surface area (TPSA) is 154 Å². The Morgan fingerprint density at radius 3 is 2.82 bits per heavy atom. The molecule has 1 aliphatic carbocycles. The van der Waals surface area contributed by atoms with Crippen LogP contribution in [0.15, 0.2) is 36.7 Å². The van der Waals surface area contributed by atoms with Gasteiger partial charge in [0.15, 0.2) is 0 Å². The van der Waals surface area contributed by atoms with Gasteiger partial charge in [-0.3, -0.25) is 14.6 Å². The molecule has 1 aliphatic rings. The number of nitrogens with zero attached hydrogens (tertiary/aromatic N) is 3. The zero-order chi connectivity index (χ0) is 24.0. The second-order valence-corrected chi connectivity index (χ2v) is 8.06. The molecule has 6 N–H and O–H groups in total. The van der Waals surface area contributed by atoms with E-state index in [-0.39, 0.29) is 35.3 Å². The van der Waals surface area contributed by atoms with Gasteiger partial charge in [0.1, 0.15) is 28.6 Å². The normalized spacial score (nSPS) is 13.2. The lowest BCUT2D eigenvalue weighted by molar-refractivity contribution is 0.0945. The van der Waals surface area contributed by atoms with Gasteiger partial charge in [-0.2, -0.15) is 5.10 Å². The molecule has 1 aromatic carbocycles. The van der Waals surface area contributed by atoms with Crippen LogP contribution in [0.4, 0.5) is 10.2 Å². The molecule has 11 heteroatoms. The van der Waals surface area contributed by atoms with E-state index in [1.165, 1.54) is 19.2 Å². The first-order chi connectivity index (χ1) is 16.4. The number of amides is 2. The lowest BCUT2D eigenvalue weighted by atomic mass is 10.0. The number of rotatable bonds is 7. The van der Waals surface area contributed by atoms with E-state index in [1.807, 2.05) is 6.07 Å². The van der Waals surface area contributed by atoms with E-state index < -0.39 is 17.6 Å². The molecule has 1 saturated carbocycles. The van der Waals surface area contributed by atoms with Crippen molar-refractivity contribution in [2.45, 2.75) is 25.4 Å². The highest BCUT2D eigenvalue weighted by Crippen LogP contribution is 2.40. The van der Waals surface area contributed by atoms with E-state index in [0.29, 0.717) is 22.5 Å². The number of H-pyrrole nitrogens is 1. The maximum atomic E-state index is 13.7. The average molecular weight is 463 g/mol. The maximum Gasteiger partial charge on any atom is 0.255 e. The van der Waals surface area contributed by atoms with Crippen LogP contribution in [-0.2, 0) is 6.54 Å². The number of anilines is 1. The molecule has 3 heterocycles. The molecule has 10 nitrogen and oxygen atoms in total. The lowest BCUT2D eigenvalue weighted by Gasteiger charge is -2.11. The van der Waals surface area contributed by atoms with Crippen molar-refractivity contribution >= 4 is 28.5 Å². The summed E-state index contributed by atoms with van der Waals surface area (Å²) in [4.78, 5) is 32.5. The summed E-state index contributed by atoms with van der Waals surface area (Å²) in [5.41, 5.74) is 14.2. The Morgan fingerprint density at radius 2 is 2.12 bits per heavy atom. The van der Waals surface area contributed by atoms with Gasteiger partial charge >= 0.3 is 0 Å². The van der Waals surface area contributed by atoms with Crippen molar-refractivity contribution in [1.82, 2.24) is 25.1 Å². The minimum atomic E-state index is -0.663. The molecule has 0 spiro atoms. The Hall–Kier alpha value is -4.41. The molecule has 2 amide bonds. The van der Waals surface area contributed by atoms with Crippen molar-refractivity contribution in [3.63, 3.8) is 0 Å². The highest BCUT2D eigenvalue weighted by Gasteiger charge is 2.32. The summed E-state index contributed by atoms with van der Waals surface area (Å²) in [5, 5.41) is 8.07. The first-order valence-corrected chi connectivity index (χ1v) is 10.6. The fourth-order valence-corrected chi connectivity index (χ4v) is 4.03. The van der Waals surface area contributed by atoms with Crippen LogP contribution < -0.4 is 21.5 Å². The van der Waals surface area contributed by atoms with Crippen molar-refractivity contribution < 1.29 is 18.7 Å². The van der Waals surface area contributed by atoms with Gasteiger partial charge in [0.25, 0.3) is 11.8 Å².